The number of nitrogens with zero attached hydrogens (tertiary/aromatic N) is 1. The average Bonchev–Trinajstić information content (AvgIpc) is 2.63. The number of furan rings is 1. The number of nitrogen functional groups attached to an aromatic ring is 1. The van der Waals surface area contributed by atoms with Crippen LogP contribution in [0.2, 0.25) is 0 Å². The predicted molar refractivity (Wildman–Crippen MR) is 61.7 cm³/mol. The molecular weight excluding hydrogens is 208 g/mol. The minimum atomic E-state index is 0.688. The number of anilines is 1. The minimum Gasteiger partial charge on any atom is -0.468 e. The van der Waals surface area contributed by atoms with Gasteiger partial charge in [0.2, 0.25) is 0 Å². The Labute approximate surface area is 92.7 Å². The molecule has 2 heterocycles. The Kier molecular flexibility index (Phi) is 2.97. The Balaban J connectivity index is 1.99. The SMILES string of the molecule is Cc1ccoc1CSc1ccc(N)cn1. The third kappa shape index (κ3) is 2.53. The molecule has 0 unspecified atom stereocenters. The molecule has 0 atom stereocenters. The smallest absolute Gasteiger partial charge is 0.116 e. The van der Waals surface area contributed by atoms with Crippen LogP contribution < -0.4 is 5.73 Å². The van der Waals surface area contributed by atoms with Crippen LogP contribution in [0.5, 0.6) is 0 Å². The molecule has 15 heavy (non-hydrogen) atoms. The second kappa shape index (κ2) is 4.40. The molecule has 0 aromatic carbocycles. The predicted octanol–water partition coefficient (Wildman–Crippen LogP) is 2.86. The zero-order chi connectivity index (χ0) is 10.7. The maximum absolute atomic E-state index is 5.55. The van der Waals surface area contributed by atoms with Crippen molar-refractivity contribution in [1.82, 2.24) is 4.98 Å². The van der Waals surface area contributed by atoms with Gasteiger partial charge in [0, 0.05) is 0 Å². The fourth-order valence-corrected chi connectivity index (χ4v) is 2.03. The van der Waals surface area contributed by atoms with Gasteiger partial charge in [-0.1, -0.05) is 11.8 Å². The largest absolute Gasteiger partial charge is 0.468 e. The van der Waals surface area contributed by atoms with Gasteiger partial charge in [0.15, 0.2) is 0 Å². The second-order valence-corrected chi connectivity index (χ2v) is 4.24. The van der Waals surface area contributed by atoms with E-state index >= 15 is 0 Å². The lowest BCUT2D eigenvalue weighted by Crippen LogP contribution is -1.87. The highest BCUT2D eigenvalue weighted by Crippen LogP contribution is 2.23. The van der Waals surface area contributed by atoms with E-state index in [-0.39, 0.29) is 0 Å². The Bertz CT molecular complexity index is 436. The summed E-state index contributed by atoms with van der Waals surface area (Å²) in [5, 5.41) is 0.958. The summed E-state index contributed by atoms with van der Waals surface area (Å²) in [4.78, 5) is 4.20. The van der Waals surface area contributed by atoms with Crippen LogP contribution in [0.1, 0.15) is 11.3 Å². The highest BCUT2D eigenvalue weighted by atomic mass is 32.2. The average molecular weight is 220 g/mol. The van der Waals surface area contributed by atoms with E-state index in [1.165, 1.54) is 5.56 Å². The number of thioether (sulfide) groups is 1. The topological polar surface area (TPSA) is 52.0 Å². The minimum absolute atomic E-state index is 0.688. The molecule has 0 saturated carbocycles. The fraction of sp³-hybridized carbons (Fsp3) is 0.182. The molecule has 0 amide bonds. The van der Waals surface area contributed by atoms with Gasteiger partial charge in [-0.25, -0.2) is 4.98 Å². The van der Waals surface area contributed by atoms with Crippen molar-refractivity contribution in [3.63, 3.8) is 0 Å². The maximum Gasteiger partial charge on any atom is 0.116 e. The highest BCUT2D eigenvalue weighted by molar-refractivity contribution is 7.98. The molecule has 0 spiro atoms. The molecule has 0 bridgehead atoms. The lowest BCUT2D eigenvalue weighted by molar-refractivity contribution is 0.528. The van der Waals surface area contributed by atoms with Crippen molar-refractivity contribution < 1.29 is 4.42 Å². The van der Waals surface area contributed by atoms with E-state index in [9.17, 15) is 0 Å². The molecule has 2 rings (SSSR count). The molecule has 2 N–H and O–H groups in total. The van der Waals surface area contributed by atoms with E-state index < -0.39 is 0 Å². The van der Waals surface area contributed by atoms with Gasteiger partial charge in [0.05, 0.1) is 28.9 Å². The van der Waals surface area contributed by atoms with Crippen molar-refractivity contribution in [3.8, 4) is 0 Å². The van der Waals surface area contributed by atoms with Crippen LogP contribution in [0.4, 0.5) is 5.69 Å². The summed E-state index contributed by atoms with van der Waals surface area (Å²) in [6.07, 6.45) is 3.37. The van der Waals surface area contributed by atoms with Gasteiger partial charge in [-0.05, 0) is 30.7 Å². The number of aromatic nitrogens is 1. The van der Waals surface area contributed by atoms with E-state index in [2.05, 4.69) is 4.98 Å². The Hall–Kier alpha value is -1.42. The molecule has 0 aliphatic rings. The van der Waals surface area contributed by atoms with Crippen LogP contribution in [0, 0.1) is 6.92 Å². The van der Waals surface area contributed by atoms with Crippen molar-refractivity contribution in [2.75, 3.05) is 5.73 Å². The maximum atomic E-state index is 5.55. The summed E-state index contributed by atoms with van der Waals surface area (Å²) < 4.78 is 5.34. The number of nitrogens with two attached hydrogens (primary N) is 1. The first kappa shape index (κ1) is 10.1. The van der Waals surface area contributed by atoms with Gasteiger partial charge in [-0.15, -0.1) is 0 Å². The molecule has 0 fully saturated rings. The van der Waals surface area contributed by atoms with Gasteiger partial charge in [0.1, 0.15) is 5.76 Å². The lowest BCUT2D eigenvalue weighted by Gasteiger charge is -1.99. The summed E-state index contributed by atoms with van der Waals surface area (Å²) in [6.45, 7) is 2.04. The van der Waals surface area contributed by atoms with Crippen LogP contribution in [-0.2, 0) is 5.75 Å². The normalized spacial score (nSPS) is 10.5. The molecule has 0 aliphatic carbocycles. The van der Waals surface area contributed by atoms with Gasteiger partial charge in [0.25, 0.3) is 0 Å². The van der Waals surface area contributed by atoms with Gasteiger partial charge in [-0.3, -0.25) is 0 Å². The molecule has 0 radical (unpaired) electrons. The summed E-state index contributed by atoms with van der Waals surface area (Å²) in [7, 11) is 0. The van der Waals surface area contributed by atoms with Crippen LogP contribution in [0.25, 0.3) is 0 Å². The van der Waals surface area contributed by atoms with Crippen LogP contribution in [0.3, 0.4) is 0 Å². The van der Waals surface area contributed by atoms with E-state index in [1.807, 2.05) is 25.1 Å². The number of hydrogen-bond acceptors (Lipinski definition) is 4. The standard InChI is InChI=1S/C11H12N2OS/c1-8-4-5-14-10(8)7-15-11-3-2-9(12)6-13-11/h2-6H,7,12H2,1H3. The van der Waals surface area contributed by atoms with Crippen molar-refractivity contribution >= 4 is 17.4 Å². The molecule has 3 nitrogen and oxygen atoms in total. The van der Waals surface area contributed by atoms with Crippen LogP contribution >= 0.6 is 11.8 Å². The lowest BCUT2D eigenvalue weighted by atomic mass is 10.3. The number of rotatable bonds is 3. The molecular formula is C11H12N2OS. The number of pyridine rings is 1. The van der Waals surface area contributed by atoms with E-state index in [4.69, 9.17) is 10.2 Å². The van der Waals surface area contributed by atoms with Crippen molar-refractivity contribution in [2.24, 2.45) is 0 Å². The van der Waals surface area contributed by atoms with E-state index in [0.717, 1.165) is 16.5 Å². The summed E-state index contributed by atoms with van der Waals surface area (Å²) in [5.41, 5.74) is 7.42. The van der Waals surface area contributed by atoms with Crippen LogP contribution in [-0.4, -0.2) is 4.98 Å². The molecule has 78 valence electrons. The zero-order valence-corrected chi connectivity index (χ0v) is 9.25. The van der Waals surface area contributed by atoms with E-state index in [0.29, 0.717) is 5.69 Å². The summed E-state index contributed by atoms with van der Waals surface area (Å²) >= 11 is 1.64. The van der Waals surface area contributed by atoms with Crippen LogP contribution in [0.15, 0.2) is 40.1 Å². The number of aryl methyl sites for hydroxylation is 1. The fourth-order valence-electron chi connectivity index (χ4n) is 1.17. The van der Waals surface area contributed by atoms with Crippen molar-refractivity contribution in [2.45, 2.75) is 17.7 Å². The summed E-state index contributed by atoms with van der Waals surface area (Å²) in [5.74, 6) is 1.80. The first-order valence-electron chi connectivity index (χ1n) is 4.63. The van der Waals surface area contributed by atoms with Crippen molar-refractivity contribution in [3.05, 3.63) is 42.0 Å². The molecule has 0 aliphatic heterocycles. The quantitative estimate of drug-likeness (QED) is 0.808. The van der Waals surface area contributed by atoms with Gasteiger partial charge >= 0.3 is 0 Å². The Morgan fingerprint density at radius 2 is 2.27 bits per heavy atom. The first-order valence-corrected chi connectivity index (χ1v) is 5.61. The van der Waals surface area contributed by atoms with Gasteiger partial charge < -0.3 is 10.2 Å². The first-order chi connectivity index (χ1) is 7.25. The Morgan fingerprint density at radius 3 is 2.87 bits per heavy atom. The molecule has 4 heteroatoms. The monoisotopic (exact) mass is 220 g/mol. The van der Waals surface area contributed by atoms with Crippen molar-refractivity contribution in [1.29, 1.82) is 0 Å². The third-order valence-electron chi connectivity index (χ3n) is 2.08. The summed E-state index contributed by atoms with van der Waals surface area (Å²) in [6, 6.07) is 5.73. The molecule has 2 aromatic heterocycles. The highest BCUT2D eigenvalue weighted by Gasteiger charge is 2.03. The second-order valence-electron chi connectivity index (χ2n) is 3.25. The zero-order valence-electron chi connectivity index (χ0n) is 8.43. The molecule has 2 aromatic rings. The Morgan fingerprint density at radius 1 is 1.40 bits per heavy atom. The number of hydrogen-bond donors (Lipinski definition) is 1. The van der Waals surface area contributed by atoms with Gasteiger partial charge in [-0.2, -0.15) is 0 Å². The third-order valence-corrected chi connectivity index (χ3v) is 3.02. The molecule has 0 saturated heterocycles. The van der Waals surface area contributed by atoms with E-state index in [1.54, 1.807) is 24.2 Å².